The molecule has 0 atom stereocenters. The SMILES string of the molecule is Cc1ncn(CC(=O)N(C)C(C)C)c(=O)c1I. The van der Waals surface area contributed by atoms with Gasteiger partial charge in [-0.2, -0.15) is 0 Å². The van der Waals surface area contributed by atoms with Crippen molar-refractivity contribution in [2.75, 3.05) is 7.05 Å². The van der Waals surface area contributed by atoms with Gasteiger partial charge in [-0.1, -0.05) is 0 Å². The first-order valence-electron chi connectivity index (χ1n) is 5.31. The second kappa shape index (κ2) is 5.61. The van der Waals surface area contributed by atoms with Crippen molar-refractivity contribution < 1.29 is 4.79 Å². The predicted molar refractivity (Wildman–Crippen MR) is 73.9 cm³/mol. The molecular formula is C11H16IN3O2. The van der Waals surface area contributed by atoms with E-state index in [9.17, 15) is 9.59 Å². The normalized spacial score (nSPS) is 10.7. The Balaban J connectivity index is 2.94. The van der Waals surface area contributed by atoms with E-state index < -0.39 is 0 Å². The van der Waals surface area contributed by atoms with Crippen molar-refractivity contribution in [3.8, 4) is 0 Å². The van der Waals surface area contributed by atoms with Crippen LogP contribution in [0.25, 0.3) is 0 Å². The maximum absolute atomic E-state index is 11.9. The van der Waals surface area contributed by atoms with Crippen LogP contribution in [0.15, 0.2) is 11.1 Å². The van der Waals surface area contributed by atoms with Crippen molar-refractivity contribution in [3.63, 3.8) is 0 Å². The van der Waals surface area contributed by atoms with Gasteiger partial charge >= 0.3 is 0 Å². The second-order valence-electron chi connectivity index (χ2n) is 4.18. The Morgan fingerprint density at radius 1 is 1.59 bits per heavy atom. The van der Waals surface area contributed by atoms with Crippen LogP contribution in [0.3, 0.4) is 0 Å². The van der Waals surface area contributed by atoms with Crippen molar-refractivity contribution in [1.82, 2.24) is 14.5 Å². The number of aryl methyl sites for hydroxylation is 1. The zero-order chi connectivity index (χ0) is 13.2. The van der Waals surface area contributed by atoms with Gasteiger partial charge < -0.3 is 4.90 Å². The van der Waals surface area contributed by atoms with Gasteiger partial charge in [-0.25, -0.2) is 4.98 Å². The van der Waals surface area contributed by atoms with E-state index in [0.29, 0.717) is 9.26 Å². The smallest absolute Gasteiger partial charge is 0.267 e. The summed E-state index contributed by atoms with van der Waals surface area (Å²) in [6.45, 7) is 5.67. The lowest BCUT2D eigenvalue weighted by atomic mass is 10.3. The van der Waals surface area contributed by atoms with Crippen LogP contribution in [-0.4, -0.2) is 33.4 Å². The predicted octanol–water partition coefficient (Wildman–Crippen LogP) is 1.02. The lowest BCUT2D eigenvalue weighted by Crippen LogP contribution is -2.38. The molecule has 0 radical (unpaired) electrons. The van der Waals surface area contributed by atoms with E-state index in [1.807, 2.05) is 36.4 Å². The number of nitrogens with zero attached hydrogens (tertiary/aromatic N) is 3. The Morgan fingerprint density at radius 3 is 2.71 bits per heavy atom. The minimum atomic E-state index is -0.163. The molecule has 17 heavy (non-hydrogen) atoms. The Bertz CT molecular complexity index is 482. The molecule has 6 heteroatoms. The average Bonchev–Trinajstić information content (AvgIpc) is 2.28. The number of likely N-dealkylation sites (N-methyl/N-ethyl adjacent to an activating group) is 1. The standard InChI is InChI=1S/C11H16IN3O2/c1-7(2)14(4)9(16)5-15-6-13-8(3)10(12)11(15)17/h6-7H,5H2,1-4H3. The number of hydrogen-bond donors (Lipinski definition) is 0. The third-order valence-corrected chi connectivity index (χ3v) is 3.87. The van der Waals surface area contributed by atoms with Gasteiger partial charge in [0.05, 0.1) is 15.6 Å². The summed E-state index contributed by atoms with van der Waals surface area (Å²) in [5, 5.41) is 0. The highest BCUT2D eigenvalue weighted by molar-refractivity contribution is 14.1. The molecule has 0 aliphatic rings. The van der Waals surface area contributed by atoms with Gasteiger partial charge in [0.2, 0.25) is 5.91 Å². The first-order chi connectivity index (χ1) is 7.84. The molecule has 5 nitrogen and oxygen atoms in total. The van der Waals surface area contributed by atoms with Crippen LogP contribution in [0.1, 0.15) is 19.5 Å². The number of aromatic nitrogens is 2. The van der Waals surface area contributed by atoms with Crippen molar-refractivity contribution in [2.45, 2.75) is 33.4 Å². The highest BCUT2D eigenvalue weighted by Gasteiger charge is 2.14. The second-order valence-corrected chi connectivity index (χ2v) is 5.25. The molecule has 0 spiro atoms. The average molecular weight is 349 g/mol. The van der Waals surface area contributed by atoms with E-state index in [2.05, 4.69) is 4.98 Å². The lowest BCUT2D eigenvalue weighted by molar-refractivity contribution is -0.132. The van der Waals surface area contributed by atoms with Crippen LogP contribution >= 0.6 is 22.6 Å². The molecular weight excluding hydrogens is 333 g/mol. The third-order valence-electron chi connectivity index (χ3n) is 2.63. The van der Waals surface area contributed by atoms with Gasteiger partial charge in [-0.3, -0.25) is 14.2 Å². The Labute approximate surface area is 114 Å². The summed E-state index contributed by atoms with van der Waals surface area (Å²) in [5.74, 6) is -0.0939. The first kappa shape index (κ1) is 14.1. The lowest BCUT2D eigenvalue weighted by Gasteiger charge is -2.21. The van der Waals surface area contributed by atoms with E-state index in [-0.39, 0.29) is 24.1 Å². The molecule has 0 fully saturated rings. The minimum absolute atomic E-state index is 0.0385. The quantitative estimate of drug-likeness (QED) is 0.766. The van der Waals surface area contributed by atoms with Crippen molar-refractivity contribution >= 4 is 28.5 Å². The maximum atomic E-state index is 11.9. The van der Waals surface area contributed by atoms with Crippen molar-refractivity contribution in [2.24, 2.45) is 0 Å². The molecule has 0 bridgehead atoms. The molecule has 0 saturated carbocycles. The highest BCUT2D eigenvalue weighted by Crippen LogP contribution is 2.02. The maximum Gasteiger partial charge on any atom is 0.267 e. The number of rotatable bonds is 3. The number of carbonyl (C=O) groups excluding carboxylic acids is 1. The molecule has 94 valence electrons. The first-order valence-corrected chi connectivity index (χ1v) is 6.39. The zero-order valence-electron chi connectivity index (χ0n) is 10.4. The van der Waals surface area contributed by atoms with Gasteiger partial charge in [0.15, 0.2) is 0 Å². The van der Waals surface area contributed by atoms with Crippen LogP contribution in [0, 0.1) is 10.5 Å². The number of halogens is 1. The summed E-state index contributed by atoms with van der Waals surface area (Å²) in [5.41, 5.74) is 0.528. The topological polar surface area (TPSA) is 55.2 Å². The number of amides is 1. The molecule has 1 rings (SSSR count). The molecule has 1 amide bonds. The fraction of sp³-hybridized carbons (Fsp3) is 0.545. The van der Waals surface area contributed by atoms with Crippen molar-refractivity contribution in [1.29, 1.82) is 0 Å². The van der Waals surface area contributed by atoms with E-state index in [1.54, 1.807) is 18.9 Å². The fourth-order valence-electron chi connectivity index (χ4n) is 1.20. The molecule has 1 heterocycles. The summed E-state index contributed by atoms with van der Waals surface area (Å²) in [6, 6.07) is 0.121. The van der Waals surface area contributed by atoms with E-state index in [0.717, 1.165) is 0 Å². The molecule has 0 saturated heterocycles. The minimum Gasteiger partial charge on any atom is -0.342 e. The largest absolute Gasteiger partial charge is 0.342 e. The summed E-state index contributed by atoms with van der Waals surface area (Å²) in [6.07, 6.45) is 1.42. The third kappa shape index (κ3) is 3.27. The fourth-order valence-corrected chi connectivity index (χ4v) is 1.65. The van der Waals surface area contributed by atoms with Gasteiger partial charge in [-0.15, -0.1) is 0 Å². The summed E-state index contributed by atoms with van der Waals surface area (Å²) >= 11 is 1.95. The van der Waals surface area contributed by atoms with E-state index in [4.69, 9.17) is 0 Å². The molecule has 0 aliphatic heterocycles. The Hall–Kier alpha value is -0.920. The molecule has 1 aromatic rings. The van der Waals surface area contributed by atoms with Crippen LogP contribution in [0.5, 0.6) is 0 Å². The van der Waals surface area contributed by atoms with Crippen LogP contribution < -0.4 is 5.56 Å². The number of hydrogen-bond acceptors (Lipinski definition) is 3. The van der Waals surface area contributed by atoms with Gasteiger partial charge in [-0.05, 0) is 43.4 Å². The summed E-state index contributed by atoms with van der Waals surface area (Å²) in [7, 11) is 1.73. The van der Waals surface area contributed by atoms with Crippen LogP contribution in [0.4, 0.5) is 0 Å². The molecule has 1 aromatic heterocycles. The Kier molecular flexibility index (Phi) is 4.67. The van der Waals surface area contributed by atoms with Gasteiger partial charge in [0.1, 0.15) is 6.54 Å². The summed E-state index contributed by atoms with van der Waals surface area (Å²) < 4.78 is 1.90. The molecule has 0 aromatic carbocycles. The highest BCUT2D eigenvalue weighted by atomic mass is 127. The van der Waals surface area contributed by atoms with Crippen LogP contribution in [0.2, 0.25) is 0 Å². The van der Waals surface area contributed by atoms with Gasteiger partial charge in [0.25, 0.3) is 5.56 Å². The zero-order valence-corrected chi connectivity index (χ0v) is 12.6. The molecule has 0 aliphatic carbocycles. The monoisotopic (exact) mass is 349 g/mol. The van der Waals surface area contributed by atoms with Crippen molar-refractivity contribution in [3.05, 3.63) is 25.9 Å². The van der Waals surface area contributed by atoms with Gasteiger partial charge in [0, 0.05) is 13.1 Å². The molecule has 0 unspecified atom stereocenters. The summed E-state index contributed by atoms with van der Waals surface area (Å²) in [4.78, 5) is 29.4. The van der Waals surface area contributed by atoms with Crippen LogP contribution in [-0.2, 0) is 11.3 Å². The van der Waals surface area contributed by atoms with E-state index in [1.165, 1.54) is 10.9 Å². The van der Waals surface area contributed by atoms with E-state index >= 15 is 0 Å². The molecule has 0 N–H and O–H groups in total. The Morgan fingerprint density at radius 2 is 2.18 bits per heavy atom. The number of carbonyl (C=O) groups is 1.